The largest absolute Gasteiger partial charge is 0.497 e. The molecule has 1 rings (SSSR count). The van der Waals surface area contributed by atoms with Gasteiger partial charge in [0.25, 0.3) is 0 Å². The van der Waals surface area contributed by atoms with Gasteiger partial charge in [-0.2, -0.15) is 0 Å². The Hall–Kier alpha value is 0.0169. The first-order valence-electron chi connectivity index (χ1n) is 7.31. The highest BCUT2D eigenvalue weighted by Crippen LogP contribution is 2.12. The molecule has 1 fully saturated rings. The molecule has 1 unspecified atom stereocenters. The first-order chi connectivity index (χ1) is 9.20. The SMILES string of the molecule is CCCO[Si](C)(OCCC)OCCCOCC1CO1. The van der Waals surface area contributed by atoms with Gasteiger partial charge in [0.15, 0.2) is 0 Å². The van der Waals surface area contributed by atoms with E-state index in [0.29, 0.717) is 39.1 Å². The van der Waals surface area contributed by atoms with Gasteiger partial charge >= 0.3 is 8.80 Å². The van der Waals surface area contributed by atoms with Gasteiger partial charge in [0.05, 0.1) is 13.2 Å². The van der Waals surface area contributed by atoms with Gasteiger partial charge in [0, 0.05) is 33.0 Å². The first-order valence-corrected chi connectivity index (χ1v) is 9.54. The second-order valence-corrected chi connectivity index (χ2v) is 7.38. The number of hydrogen-bond donors (Lipinski definition) is 0. The van der Waals surface area contributed by atoms with Crippen molar-refractivity contribution in [1.82, 2.24) is 0 Å². The molecule has 1 aliphatic rings. The Labute approximate surface area is 117 Å². The van der Waals surface area contributed by atoms with Crippen LogP contribution in [0.5, 0.6) is 0 Å². The fourth-order valence-corrected chi connectivity index (χ4v) is 3.41. The van der Waals surface area contributed by atoms with E-state index < -0.39 is 8.80 Å². The predicted octanol–water partition coefficient (Wildman–Crippen LogP) is 2.23. The lowest BCUT2D eigenvalue weighted by Crippen LogP contribution is -2.43. The van der Waals surface area contributed by atoms with Gasteiger partial charge in [0.2, 0.25) is 0 Å². The highest BCUT2D eigenvalue weighted by Gasteiger charge is 2.34. The third-order valence-electron chi connectivity index (χ3n) is 2.64. The molecule has 6 heteroatoms. The summed E-state index contributed by atoms with van der Waals surface area (Å²) in [5.74, 6) is 0. The summed E-state index contributed by atoms with van der Waals surface area (Å²) in [6, 6.07) is 0. The molecule has 0 N–H and O–H groups in total. The molecule has 0 aromatic rings. The van der Waals surface area contributed by atoms with E-state index in [0.717, 1.165) is 25.9 Å². The Morgan fingerprint density at radius 1 is 1.00 bits per heavy atom. The van der Waals surface area contributed by atoms with Gasteiger partial charge in [-0.05, 0) is 19.3 Å². The molecule has 0 radical (unpaired) electrons. The smallest absolute Gasteiger partial charge is 0.379 e. The van der Waals surface area contributed by atoms with Gasteiger partial charge in [-0.1, -0.05) is 13.8 Å². The molecule has 1 atom stereocenters. The second-order valence-electron chi connectivity index (χ2n) is 4.79. The van der Waals surface area contributed by atoms with Crippen LogP contribution in [0.25, 0.3) is 0 Å². The third-order valence-corrected chi connectivity index (χ3v) is 4.83. The van der Waals surface area contributed by atoms with Crippen LogP contribution in [0.2, 0.25) is 6.55 Å². The zero-order valence-corrected chi connectivity index (χ0v) is 13.5. The van der Waals surface area contributed by atoms with Crippen LogP contribution < -0.4 is 0 Å². The maximum Gasteiger partial charge on any atom is 0.497 e. The van der Waals surface area contributed by atoms with Gasteiger partial charge in [-0.15, -0.1) is 0 Å². The zero-order chi connectivity index (χ0) is 14.0. The molecule has 19 heavy (non-hydrogen) atoms. The molecular weight excluding hydrogens is 264 g/mol. The average Bonchev–Trinajstić information content (AvgIpc) is 3.22. The molecule has 0 aliphatic carbocycles. The summed E-state index contributed by atoms with van der Waals surface area (Å²) in [7, 11) is -2.44. The molecule has 0 aromatic heterocycles. The second kappa shape index (κ2) is 9.85. The lowest BCUT2D eigenvalue weighted by molar-refractivity contribution is 0.0518. The van der Waals surface area contributed by atoms with E-state index in [-0.39, 0.29) is 0 Å². The number of ether oxygens (including phenoxy) is 2. The summed E-state index contributed by atoms with van der Waals surface area (Å²) < 4.78 is 27.9. The van der Waals surface area contributed by atoms with Crippen molar-refractivity contribution in [3.05, 3.63) is 0 Å². The van der Waals surface area contributed by atoms with Crippen molar-refractivity contribution in [3.63, 3.8) is 0 Å². The third kappa shape index (κ3) is 8.72. The minimum atomic E-state index is -2.44. The molecule has 0 amide bonds. The van der Waals surface area contributed by atoms with Gasteiger partial charge in [0.1, 0.15) is 6.10 Å². The molecule has 0 spiro atoms. The molecule has 0 saturated carbocycles. The maximum atomic E-state index is 5.84. The van der Waals surface area contributed by atoms with Crippen molar-refractivity contribution in [2.45, 2.75) is 45.8 Å². The summed E-state index contributed by atoms with van der Waals surface area (Å²) in [5.41, 5.74) is 0. The molecule has 5 nitrogen and oxygen atoms in total. The lowest BCUT2D eigenvalue weighted by atomic mass is 10.5. The van der Waals surface area contributed by atoms with E-state index in [2.05, 4.69) is 13.8 Å². The van der Waals surface area contributed by atoms with Crippen molar-refractivity contribution in [2.75, 3.05) is 39.6 Å². The summed E-state index contributed by atoms with van der Waals surface area (Å²) in [6.45, 7) is 10.4. The summed E-state index contributed by atoms with van der Waals surface area (Å²) >= 11 is 0. The molecule has 0 aromatic carbocycles. The van der Waals surface area contributed by atoms with Crippen LogP contribution in [-0.2, 0) is 22.8 Å². The lowest BCUT2D eigenvalue weighted by Gasteiger charge is -2.26. The maximum absolute atomic E-state index is 5.84. The van der Waals surface area contributed by atoms with E-state index in [1.54, 1.807) is 0 Å². The Morgan fingerprint density at radius 3 is 2.11 bits per heavy atom. The van der Waals surface area contributed by atoms with Crippen molar-refractivity contribution >= 4 is 8.80 Å². The summed E-state index contributed by atoms with van der Waals surface area (Å²) in [5, 5.41) is 0. The molecule has 1 aliphatic heterocycles. The molecule has 1 saturated heterocycles. The number of epoxide rings is 1. The van der Waals surface area contributed by atoms with E-state index in [1.165, 1.54) is 0 Å². The van der Waals surface area contributed by atoms with Crippen LogP contribution in [0.1, 0.15) is 33.1 Å². The van der Waals surface area contributed by atoms with Crippen LogP contribution in [0.3, 0.4) is 0 Å². The molecule has 114 valence electrons. The number of hydrogen-bond acceptors (Lipinski definition) is 5. The van der Waals surface area contributed by atoms with Crippen molar-refractivity contribution in [1.29, 1.82) is 0 Å². The van der Waals surface area contributed by atoms with Crippen LogP contribution in [0.4, 0.5) is 0 Å². The summed E-state index contributed by atoms with van der Waals surface area (Å²) in [6.07, 6.45) is 3.15. The van der Waals surface area contributed by atoms with Gasteiger partial charge < -0.3 is 22.8 Å². The number of rotatable bonds is 13. The first kappa shape index (κ1) is 17.1. The van der Waals surface area contributed by atoms with Crippen LogP contribution in [0.15, 0.2) is 0 Å². The quantitative estimate of drug-likeness (QED) is 0.296. The molecule has 0 bridgehead atoms. The minimum absolute atomic E-state index is 0.335. The molecule has 1 heterocycles. The Bertz CT molecular complexity index is 215. The minimum Gasteiger partial charge on any atom is -0.379 e. The average molecular weight is 292 g/mol. The Kier molecular flexibility index (Phi) is 8.85. The predicted molar refractivity (Wildman–Crippen MR) is 75.2 cm³/mol. The fraction of sp³-hybridized carbons (Fsp3) is 1.00. The van der Waals surface area contributed by atoms with Crippen molar-refractivity contribution in [2.24, 2.45) is 0 Å². The van der Waals surface area contributed by atoms with E-state index in [1.807, 2.05) is 6.55 Å². The fourth-order valence-electron chi connectivity index (χ4n) is 1.50. The van der Waals surface area contributed by atoms with Crippen molar-refractivity contribution in [3.8, 4) is 0 Å². The molecular formula is C13H28O5Si. The normalized spacial score (nSPS) is 18.8. The highest BCUT2D eigenvalue weighted by molar-refractivity contribution is 6.59. The van der Waals surface area contributed by atoms with Gasteiger partial charge in [-0.3, -0.25) is 0 Å². The monoisotopic (exact) mass is 292 g/mol. The highest BCUT2D eigenvalue weighted by atomic mass is 28.4. The Balaban J connectivity index is 2.07. The standard InChI is InChI=1S/C13H28O5Si/c1-4-7-16-19(3,17-8-5-2)18-10-6-9-14-11-13-12-15-13/h13H,4-12H2,1-3H3. The van der Waals surface area contributed by atoms with E-state index in [4.69, 9.17) is 22.8 Å². The van der Waals surface area contributed by atoms with E-state index >= 15 is 0 Å². The zero-order valence-electron chi connectivity index (χ0n) is 12.5. The topological polar surface area (TPSA) is 49.5 Å². The van der Waals surface area contributed by atoms with Crippen LogP contribution in [0, 0.1) is 0 Å². The van der Waals surface area contributed by atoms with Crippen molar-refractivity contribution < 1.29 is 22.8 Å². The summed E-state index contributed by atoms with van der Waals surface area (Å²) in [4.78, 5) is 0. The van der Waals surface area contributed by atoms with Gasteiger partial charge in [-0.25, -0.2) is 0 Å². The van der Waals surface area contributed by atoms with Crippen LogP contribution in [-0.4, -0.2) is 54.5 Å². The van der Waals surface area contributed by atoms with Crippen LogP contribution >= 0.6 is 0 Å². The Morgan fingerprint density at radius 2 is 1.58 bits per heavy atom. The van der Waals surface area contributed by atoms with E-state index in [9.17, 15) is 0 Å².